The quantitative estimate of drug-likeness (QED) is 0.653. The summed E-state index contributed by atoms with van der Waals surface area (Å²) in [5.74, 6) is 1.88. The maximum Gasteiger partial charge on any atom is 0.122 e. The molecule has 0 N–H and O–H groups in total. The van der Waals surface area contributed by atoms with Crippen LogP contribution in [0.1, 0.15) is 38.2 Å². The van der Waals surface area contributed by atoms with Gasteiger partial charge in [0.25, 0.3) is 0 Å². The Bertz CT molecular complexity index is 308. The van der Waals surface area contributed by atoms with Crippen LogP contribution in [0.3, 0.4) is 0 Å². The van der Waals surface area contributed by atoms with Gasteiger partial charge in [-0.2, -0.15) is 0 Å². The first kappa shape index (κ1) is 12.9. The van der Waals surface area contributed by atoms with Gasteiger partial charge in [-0.1, -0.05) is 26.2 Å². The van der Waals surface area contributed by atoms with Gasteiger partial charge < -0.3 is 9.47 Å². The highest BCUT2D eigenvalue weighted by atomic mass is 16.5. The minimum atomic E-state index is 0.909. The lowest BCUT2D eigenvalue weighted by Gasteiger charge is -2.10. The van der Waals surface area contributed by atoms with Gasteiger partial charge in [0, 0.05) is 0 Å². The van der Waals surface area contributed by atoms with Gasteiger partial charge in [-0.25, -0.2) is 0 Å². The zero-order valence-corrected chi connectivity index (χ0v) is 10.6. The van der Waals surface area contributed by atoms with E-state index in [1.54, 1.807) is 14.2 Å². The molecule has 0 aliphatic heterocycles. The molecular weight excluding hydrogens is 200 g/mol. The second-order valence-corrected chi connectivity index (χ2v) is 3.99. The van der Waals surface area contributed by atoms with Crippen LogP contribution in [0.4, 0.5) is 0 Å². The summed E-state index contributed by atoms with van der Waals surface area (Å²) in [7, 11) is 3.42. The van der Waals surface area contributed by atoms with E-state index in [4.69, 9.17) is 9.47 Å². The van der Waals surface area contributed by atoms with E-state index in [1.807, 2.05) is 12.1 Å². The van der Waals surface area contributed by atoms with Gasteiger partial charge in [-0.05, 0) is 36.6 Å². The van der Waals surface area contributed by atoms with Crippen LogP contribution in [0.5, 0.6) is 11.5 Å². The molecule has 0 radical (unpaired) electrons. The first-order valence-electron chi connectivity index (χ1n) is 6.02. The Labute approximate surface area is 98.6 Å². The summed E-state index contributed by atoms with van der Waals surface area (Å²) < 4.78 is 10.6. The van der Waals surface area contributed by atoms with Gasteiger partial charge in [-0.15, -0.1) is 0 Å². The molecule has 16 heavy (non-hydrogen) atoms. The van der Waals surface area contributed by atoms with E-state index in [2.05, 4.69) is 13.0 Å². The zero-order chi connectivity index (χ0) is 11.8. The van der Waals surface area contributed by atoms with Crippen LogP contribution in [0.2, 0.25) is 0 Å². The fourth-order valence-corrected chi connectivity index (χ4v) is 1.82. The van der Waals surface area contributed by atoms with Gasteiger partial charge in [0.05, 0.1) is 14.2 Å². The summed E-state index contributed by atoms with van der Waals surface area (Å²) in [5.41, 5.74) is 1.25. The van der Waals surface area contributed by atoms with Gasteiger partial charge in [0.15, 0.2) is 0 Å². The van der Waals surface area contributed by atoms with E-state index < -0.39 is 0 Å². The Hall–Kier alpha value is -1.18. The summed E-state index contributed by atoms with van der Waals surface area (Å²) >= 11 is 0. The summed E-state index contributed by atoms with van der Waals surface area (Å²) in [5, 5.41) is 0. The molecule has 1 rings (SSSR count). The molecule has 0 aliphatic rings. The van der Waals surface area contributed by atoms with E-state index in [1.165, 1.54) is 31.2 Å². The number of hydrogen-bond acceptors (Lipinski definition) is 2. The van der Waals surface area contributed by atoms with E-state index >= 15 is 0 Å². The van der Waals surface area contributed by atoms with Crippen molar-refractivity contribution in [3.63, 3.8) is 0 Å². The fourth-order valence-electron chi connectivity index (χ4n) is 1.82. The molecule has 0 spiro atoms. The van der Waals surface area contributed by atoms with Crippen molar-refractivity contribution in [3.05, 3.63) is 23.8 Å². The minimum Gasteiger partial charge on any atom is -0.497 e. The average Bonchev–Trinajstić information content (AvgIpc) is 2.34. The molecule has 0 heterocycles. The van der Waals surface area contributed by atoms with Crippen molar-refractivity contribution in [1.29, 1.82) is 0 Å². The van der Waals surface area contributed by atoms with Crippen LogP contribution >= 0.6 is 0 Å². The highest BCUT2D eigenvalue weighted by Gasteiger charge is 2.04. The van der Waals surface area contributed by atoms with E-state index in [-0.39, 0.29) is 0 Å². The molecule has 0 bridgehead atoms. The van der Waals surface area contributed by atoms with E-state index in [0.29, 0.717) is 0 Å². The number of aryl methyl sites for hydroxylation is 1. The third kappa shape index (κ3) is 3.76. The molecule has 0 amide bonds. The van der Waals surface area contributed by atoms with Crippen molar-refractivity contribution in [3.8, 4) is 11.5 Å². The first-order valence-corrected chi connectivity index (χ1v) is 6.02. The smallest absolute Gasteiger partial charge is 0.122 e. The third-order valence-corrected chi connectivity index (χ3v) is 2.79. The third-order valence-electron chi connectivity index (χ3n) is 2.79. The van der Waals surface area contributed by atoms with Crippen LogP contribution in [0.15, 0.2) is 18.2 Å². The SMILES string of the molecule is CCCCCCc1cc(OC)ccc1OC. The van der Waals surface area contributed by atoms with Gasteiger partial charge in [0.2, 0.25) is 0 Å². The van der Waals surface area contributed by atoms with Crippen LogP contribution in [0.25, 0.3) is 0 Å². The lowest BCUT2D eigenvalue weighted by molar-refractivity contribution is 0.398. The number of rotatable bonds is 7. The number of benzene rings is 1. The normalized spacial score (nSPS) is 10.2. The standard InChI is InChI=1S/C14H22O2/c1-4-5-6-7-8-12-11-13(15-2)9-10-14(12)16-3/h9-11H,4-8H2,1-3H3. The molecule has 0 aliphatic carbocycles. The van der Waals surface area contributed by atoms with Gasteiger partial charge in [-0.3, -0.25) is 0 Å². The van der Waals surface area contributed by atoms with Gasteiger partial charge >= 0.3 is 0 Å². The number of methoxy groups -OCH3 is 2. The predicted octanol–water partition coefficient (Wildman–Crippen LogP) is 3.83. The molecule has 2 nitrogen and oxygen atoms in total. The second-order valence-electron chi connectivity index (χ2n) is 3.99. The topological polar surface area (TPSA) is 18.5 Å². The zero-order valence-electron chi connectivity index (χ0n) is 10.6. The monoisotopic (exact) mass is 222 g/mol. The lowest BCUT2D eigenvalue weighted by atomic mass is 10.1. The molecule has 0 aromatic heterocycles. The summed E-state index contributed by atoms with van der Waals surface area (Å²) in [6.07, 6.45) is 6.16. The Balaban J connectivity index is 2.60. The van der Waals surface area contributed by atoms with Crippen LogP contribution in [-0.2, 0) is 6.42 Å². The Morgan fingerprint density at radius 2 is 1.81 bits per heavy atom. The molecule has 0 saturated heterocycles. The largest absolute Gasteiger partial charge is 0.497 e. The maximum absolute atomic E-state index is 5.35. The van der Waals surface area contributed by atoms with E-state index in [9.17, 15) is 0 Å². The van der Waals surface area contributed by atoms with Crippen molar-refractivity contribution in [2.75, 3.05) is 14.2 Å². The van der Waals surface area contributed by atoms with Crippen LogP contribution in [0, 0.1) is 0 Å². The first-order chi connectivity index (χ1) is 7.81. The highest BCUT2D eigenvalue weighted by molar-refractivity contribution is 5.40. The molecule has 0 fully saturated rings. The summed E-state index contributed by atoms with van der Waals surface area (Å²) in [4.78, 5) is 0. The molecule has 0 saturated carbocycles. The molecule has 0 unspecified atom stereocenters. The Morgan fingerprint density at radius 1 is 1.00 bits per heavy atom. The summed E-state index contributed by atoms with van der Waals surface area (Å²) in [6.45, 7) is 2.23. The minimum absolute atomic E-state index is 0.909. The van der Waals surface area contributed by atoms with Gasteiger partial charge in [0.1, 0.15) is 11.5 Å². The molecule has 2 heteroatoms. The second kappa shape index (κ2) is 7.15. The van der Waals surface area contributed by atoms with Crippen molar-refractivity contribution < 1.29 is 9.47 Å². The summed E-state index contributed by atoms with van der Waals surface area (Å²) in [6, 6.07) is 5.99. The number of hydrogen-bond donors (Lipinski definition) is 0. The number of ether oxygens (including phenoxy) is 2. The Kier molecular flexibility index (Phi) is 5.76. The molecular formula is C14H22O2. The van der Waals surface area contributed by atoms with Crippen LogP contribution in [-0.4, -0.2) is 14.2 Å². The van der Waals surface area contributed by atoms with Crippen molar-refractivity contribution in [2.24, 2.45) is 0 Å². The highest BCUT2D eigenvalue weighted by Crippen LogP contribution is 2.25. The lowest BCUT2D eigenvalue weighted by Crippen LogP contribution is -1.94. The van der Waals surface area contributed by atoms with Crippen molar-refractivity contribution in [2.45, 2.75) is 39.0 Å². The van der Waals surface area contributed by atoms with Crippen molar-refractivity contribution >= 4 is 0 Å². The Morgan fingerprint density at radius 3 is 2.44 bits per heavy atom. The molecule has 90 valence electrons. The molecule has 1 aromatic carbocycles. The molecule has 1 aromatic rings. The average molecular weight is 222 g/mol. The van der Waals surface area contributed by atoms with Crippen LogP contribution < -0.4 is 9.47 Å². The number of unbranched alkanes of at least 4 members (excludes halogenated alkanes) is 3. The van der Waals surface area contributed by atoms with E-state index in [0.717, 1.165) is 17.9 Å². The van der Waals surface area contributed by atoms with Crippen molar-refractivity contribution in [1.82, 2.24) is 0 Å². The molecule has 0 atom stereocenters. The maximum atomic E-state index is 5.35. The fraction of sp³-hybridized carbons (Fsp3) is 0.571. The predicted molar refractivity (Wildman–Crippen MR) is 67.4 cm³/mol.